The zero-order valence-corrected chi connectivity index (χ0v) is 9.89. The molecule has 0 saturated carbocycles. The first-order valence-corrected chi connectivity index (χ1v) is 6.01. The van der Waals surface area contributed by atoms with Gasteiger partial charge in [-0.15, -0.1) is 0 Å². The van der Waals surface area contributed by atoms with Gasteiger partial charge in [0.05, 0.1) is 18.3 Å². The van der Waals surface area contributed by atoms with Gasteiger partial charge in [0.15, 0.2) is 5.76 Å². The predicted molar refractivity (Wildman–Crippen MR) is 62.7 cm³/mol. The monoisotopic (exact) mass is 232 g/mol. The lowest BCUT2D eigenvalue weighted by molar-refractivity contribution is 0.157. The van der Waals surface area contributed by atoms with Crippen molar-refractivity contribution < 1.29 is 9.63 Å². The number of hydrogen-bond donors (Lipinski definition) is 1. The van der Waals surface area contributed by atoms with E-state index in [0.717, 1.165) is 36.3 Å². The molecule has 0 bridgehead atoms. The number of aliphatic hydroxyl groups excluding tert-OH is 1. The summed E-state index contributed by atoms with van der Waals surface area (Å²) in [7, 11) is 0. The van der Waals surface area contributed by atoms with Crippen LogP contribution in [0.4, 0.5) is 0 Å². The molecule has 1 unspecified atom stereocenters. The largest absolute Gasteiger partial charge is 0.388 e. The van der Waals surface area contributed by atoms with Gasteiger partial charge in [0.25, 0.3) is 0 Å². The molecule has 1 N–H and O–H groups in total. The minimum Gasteiger partial charge on any atom is -0.388 e. The van der Waals surface area contributed by atoms with E-state index < -0.39 is 0 Å². The normalized spacial score (nSPS) is 19.3. The SMILES string of the molecule is Cc1cc(Cn2cc3c(c2)C(O)CCC3)on1. The van der Waals surface area contributed by atoms with Gasteiger partial charge in [-0.05, 0) is 31.7 Å². The van der Waals surface area contributed by atoms with Gasteiger partial charge in [-0.2, -0.15) is 0 Å². The maximum atomic E-state index is 9.90. The summed E-state index contributed by atoms with van der Waals surface area (Å²) < 4.78 is 7.26. The van der Waals surface area contributed by atoms with Crippen molar-refractivity contribution in [1.82, 2.24) is 9.72 Å². The van der Waals surface area contributed by atoms with Crippen molar-refractivity contribution in [2.24, 2.45) is 0 Å². The molecule has 17 heavy (non-hydrogen) atoms. The zero-order chi connectivity index (χ0) is 11.8. The van der Waals surface area contributed by atoms with Crippen LogP contribution in [-0.2, 0) is 13.0 Å². The van der Waals surface area contributed by atoms with Crippen LogP contribution >= 0.6 is 0 Å². The van der Waals surface area contributed by atoms with Crippen molar-refractivity contribution >= 4 is 0 Å². The minimum atomic E-state index is -0.295. The van der Waals surface area contributed by atoms with E-state index in [1.165, 1.54) is 5.56 Å². The van der Waals surface area contributed by atoms with Crippen molar-refractivity contribution in [3.05, 3.63) is 41.0 Å². The van der Waals surface area contributed by atoms with Gasteiger partial charge in [-0.25, -0.2) is 0 Å². The zero-order valence-electron chi connectivity index (χ0n) is 9.89. The van der Waals surface area contributed by atoms with Crippen molar-refractivity contribution in [1.29, 1.82) is 0 Å². The molecule has 0 radical (unpaired) electrons. The summed E-state index contributed by atoms with van der Waals surface area (Å²) in [4.78, 5) is 0. The highest BCUT2D eigenvalue weighted by molar-refractivity contribution is 5.29. The fourth-order valence-electron chi connectivity index (χ4n) is 2.49. The third-order valence-corrected chi connectivity index (χ3v) is 3.30. The molecule has 0 amide bonds. The Kier molecular flexibility index (Phi) is 2.52. The van der Waals surface area contributed by atoms with E-state index in [2.05, 4.69) is 15.9 Å². The van der Waals surface area contributed by atoms with Crippen LogP contribution < -0.4 is 0 Å². The molecule has 2 aromatic heterocycles. The molecule has 0 fully saturated rings. The quantitative estimate of drug-likeness (QED) is 0.863. The summed E-state index contributed by atoms with van der Waals surface area (Å²) in [5, 5.41) is 13.8. The molecule has 2 heterocycles. The van der Waals surface area contributed by atoms with Crippen LogP contribution in [0.15, 0.2) is 23.0 Å². The van der Waals surface area contributed by atoms with E-state index in [9.17, 15) is 5.11 Å². The van der Waals surface area contributed by atoms with E-state index in [-0.39, 0.29) is 6.10 Å². The summed E-state index contributed by atoms with van der Waals surface area (Å²) in [6.07, 6.45) is 6.84. The van der Waals surface area contributed by atoms with Gasteiger partial charge >= 0.3 is 0 Å². The summed E-state index contributed by atoms with van der Waals surface area (Å²) in [6, 6.07) is 1.94. The lowest BCUT2D eigenvalue weighted by Gasteiger charge is -2.16. The lowest BCUT2D eigenvalue weighted by Crippen LogP contribution is -2.05. The van der Waals surface area contributed by atoms with E-state index in [4.69, 9.17) is 4.52 Å². The lowest BCUT2D eigenvalue weighted by atomic mass is 9.93. The molecular formula is C13H16N2O2. The van der Waals surface area contributed by atoms with Crippen molar-refractivity contribution in [3.8, 4) is 0 Å². The molecule has 4 nitrogen and oxygen atoms in total. The fraction of sp³-hybridized carbons (Fsp3) is 0.462. The first-order valence-electron chi connectivity index (χ1n) is 6.01. The smallest absolute Gasteiger partial charge is 0.156 e. The number of nitrogens with zero attached hydrogens (tertiary/aromatic N) is 2. The number of aromatic nitrogens is 2. The van der Waals surface area contributed by atoms with E-state index >= 15 is 0 Å². The molecule has 2 aromatic rings. The maximum absolute atomic E-state index is 9.90. The van der Waals surface area contributed by atoms with Crippen molar-refractivity contribution in [3.63, 3.8) is 0 Å². The summed E-state index contributed by atoms with van der Waals surface area (Å²) >= 11 is 0. The van der Waals surface area contributed by atoms with Gasteiger partial charge < -0.3 is 14.2 Å². The third kappa shape index (κ3) is 2.00. The molecule has 3 rings (SSSR count). The maximum Gasteiger partial charge on any atom is 0.156 e. The molecule has 4 heteroatoms. The number of aryl methyl sites for hydroxylation is 2. The topological polar surface area (TPSA) is 51.2 Å². The van der Waals surface area contributed by atoms with Crippen molar-refractivity contribution in [2.75, 3.05) is 0 Å². The molecule has 0 aliphatic heterocycles. The number of rotatable bonds is 2. The van der Waals surface area contributed by atoms with E-state index in [1.54, 1.807) is 0 Å². The van der Waals surface area contributed by atoms with Gasteiger partial charge in [0.1, 0.15) is 0 Å². The van der Waals surface area contributed by atoms with Crippen LogP contribution in [0.2, 0.25) is 0 Å². The number of aliphatic hydroxyl groups is 1. The minimum absolute atomic E-state index is 0.295. The predicted octanol–water partition coefficient (Wildman–Crippen LogP) is 2.20. The van der Waals surface area contributed by atoms with E-state index in [1.807, 2.05) is 19.2 Å². The highest BCUT2D eigenvalue weighted by atomic mass is 16.5. The van der Waals surface area contributed by atoms with Crippen LogP contribution in [0.1, 0.15) is 41.5 Å². The summed E-state index contributed by atoms with van der Waals surface area (Å²) in [5.74, 6) is 0.851. The average molecular weight is 232 g/mol. The van der Waals surface area contributed by atoms with Crippen LogP contribution in [0.5, 0.6) is 0 Å². The van der Waals surface area contributed by atoms with Crippen LogP contribution in [0.25, 0.3) is 0 Å². The van der Waals surface area contributed by atoms with Crippen LogP contribution in [0.3, 0.4) is 0 Å². The summed E-state index contributed by atoms with van der Waals surface area (Å²) in [5.41, 5.74) is 3.24. The molecule has 1 aliphatic rings. The second-order valence-electron chi connectivity index (χ2n) is 4.75. The Morgan fingerprint density at radius 1 is 1.53 bits per heavy atom. The second kappa shape index (κ2) is 4.04. The highest BCUT2D eigenvalue weighted by Crippen LogP contribution is 2.30. The second-order valence-corrected chi connectivity index (χ2v) is 4.75. The molecule has 0 aromatic carbocycles. The Morgan fingerprint density at radius 3 is 3.12 bits per heavy atom. The first-order chi connectivity index (χ1) is 8.22. The molecule has 90 valence electrons. The average Bonchev–Trinajstić information content (AvgIpc) is 2.86. The number of fused-ring (bicyclic) bond motifs is 1. The van der Waals surface area contributed by atoms with Crippen LogP contribution in [0, 0.1) is 6.92 Å². The third-order valence-electron chi connectivity index (χ3n) is 3.30. The first kappa shape index (κ1) is 10.6. The molecule has 0 spiro atoms. The Hall–Kier alpha value is -1.55. The molecule has 0 saturated heterocycles. The van der Waals surface area contributed by atoms with E-state index in [0.29, 0.717) is 6.54 Å². The molecule has 1 aliphatic carbocycles. The van der Waals surface area contributed by atoms with Gasteiger partial charge in [0.2, 0.25) is 0 Å². The Labute approximate surface area is 99.9 Å². The fourth-order valence-corrected chi connectivity index (χ4v) is 2.49. The Balaban J connectivity index is 1.85. The standard InChI is InChI=1S/C13H16N2O2/c1-9-5-11(17-14-9)7-15-6-10-3-2-4-13(16)12(10)8-15/h5-6,8,13,16H,2-4,7H2,1H3. The Morgan fingerprint density at radius 2 is 2.41 bits per heavy atom. The molecule has 1 atom stereocenters. The summed E-state index contributed by atoms with van der Waals surface area (Å²) in [6.45, 7) is 2.60. The van der Waals surface area contributed by atoms with Crippen molar-refractivity contribution in [2.45, 2.75) is 38.8 Å². The van der Waals surface area contributed by atoms with Gasteiger partial charge in [0, 0.05) is 24.0 Å². The highest BCUT2D eigenvalue weighted by Gasteiger charge is 2.20. The Bertz CT molecular complexity index is 527. The van der Waals surface area contributed by atoms with Gasteiger partial charge in [-0.1, -0.05) is 5.16 Å². The van der Waals surface area contributed by atoms with Crippen LogP contribution in [-0.4, -0.2) is 14.8 Å². The molecular weight excluding hydrogens is 216 g/mol. The van der Waals surface area contributed by atoms with Gasteiger partial charge in [-0.3, -0.25) is 0 Å². The number of hydrogen-bond acceptors (Lipinski definition) is 3.